The number of unbranched alkanes of at least 4 members (excludes halogenated alkanes) is 1. The monoisotopic (exact) mass is 462 g/mol. The van der Waals surface area contributed by atoms with Gasteiger partial charge < -0.3 is 38.3 Å². The molecule has 0 fully saturated rings. The smallest absolute Gasteiger partial charge is 0.326 e. The van der Waals surface area contributed by atoms with Gasteiger partial charge in [0, 0.05) is 6.42 Å². The second-order valence-electron chi connectivity index (χ2n) is 6.91. The van der Waals surface area contributed by atoms with Gasteiger partial charge in [-0.15, -0.1) is 0 Å². The summed E-state index contributed by atoms with van der Waals surface area (Å²) in [5, 5.41) is 16.6. The van der Waals surface area contributed by atoms with Gasteiger partial charge in [-0.25, -0.2) is 4.79 Å². The summed E-state index contributed by atoms with van der Waals surface area (Å²) in [6.45, 7) is -0.0222. The Morgan fingerprint density at radius 1 is 0.968 bits per heavy atom. The molecule has 12 nitrogen and oxygen atoms in total. The number of hydrogen-bond donors (Lipinski definition) is 7. The first-order valence-corrected chi connectivity index (χ1v) is 11.3. The average molecular weight is 463 g/mol. The Morgan fingerprint density at radius 2 is 1.65 bits per heavy atom. The van der Waals surface area contributed by atoms with E-state index in [1.54, 1.807) is 0 Å². The van der Waals surface area contributed by atoms with Gasteiger partial charge in [0.25, 0.3) is 0 Å². The number of aliphatic carboxylic acids is 1. The van der Waals surface area contributed by atoms with Crippen LogP contribution >= 0.6 is 11.8 Å². The maximum Gasteiger partial charge on any atom is 0.326 e. The molecule has 10 N–H and O–H groups in total. The summed E-state index contributed by atoms with van der Waals surface area (Å²) < 4.78 is 0. The second-order valence-corrected chi connectivity index (χ2v) is 7.90. The third-order valence-corrected chi connectivity index (χ3v) is 4.93. The fraction of sp³-hybridized carbons (Fsp3) is 0.722. The van der Waals surface area contributed by atoms with Crippen LogP contribution in [0.1, 0.15) is 38.5 Å². The SMILES string of the molecule is CSCCC(NC(=O)C(CCCCN)NC(=O)CNC(=O)C(N)CCC(N)=O)C(=O)O. The molecule has 3 unspecified atom stereocenters. The molecule has 13 heteroatoms. The minimum atomic E-state index is -1.16. The van der Waals surface area contributed by atoms with Gasteiger partial charge in [0.05, 0.1) is 12.6 Å². The van der Waals surface area contributed by atoms with Crippen LogP contribution in [0.2, 0.25) is 0 Å². The maximum absolute atomic E-state index is 12.6. The summed E-state index contributed by atoms with van der Waals surface area (Å²) in [6, 6.07) is -3.05. The Labute approximate surface area is 185 Å². The van der Waals surface area contributed by atoms with Gasteiger partial charge in [0.1, 0.15) is 12.1 Å². The van der Waals surface area contributed by atoms with E-state index < -0.39 is 54.3 Å². The highest BCUT2D eigenvalue weighted by Crippen LogP contribution is 2.05. The minimum absolute atomic E-state index is 0.0412. The number of carbonyl (C=O) groups excluding carboxylic acids is 4. The van der Waals surface area contributed by atoms with Gasteiger partial charge in [0.2, 0.25) is 23.6 Å². The number of nitrogens with one attached hydrogen (secondary N) is 3. The van der Waals surface area contributed by atoms with E-state index in [2.05, 4.69) is 16.0 Å². The van der Waals surface area contributed by atoms with E-state index >= 15 is 0 Å². The van der Waals surface area contributed by atoms with Crippen molar-refractivity contribution in [3.63, 3.8) is 0 Å². The number of primary amides is 1. The van der Waals surface area contributed by atoms with Gasteiger partial charge >= 0.3 is 5.97 Å². The molecule has 0 aliphatic carbocycles. The number of hydrogen-bond acceptors (Lipinski definition) is 8. The molecule has 0 aliphatic rings. The topological polar surface area (TPSA) is 220 Å². The predicted octanol–water partition coefficient (Wildman–Crippen LogP) is -2.37. The van der Waals surface area contributed by atoms with E-state index in [-0.39, 0.29) is 25.7 Å². The van der Waals surface area contributed by atoms with Crippen molar-refractivity contribution in [2.75, 3.05) is 25.1 Å². The lowest BCUT2D eigenvalue weighted by Crippen LogP contribution is -2.53. The van der Waals surface area contributed by atoms with Crippen LogP contribution in [0.25, 0.3) is 0 Å². The van der Waals surface area contributed by atoms with Crippen molar-refractivity contribution < 1.29 is 29.1 Å². The lowest BCUT2D eigenvalue weighted by Gasteiger charge is -2.21. The molecule has 0 spiro atoms. The van der Waals surface area contributed by atoms with E-state index in [1.807, 2.05) is 6.26 Å². The third kappa shape index (κ3) is 13.5. The Morgan fingerprint density at radius 3 is 2.19 bits per heavy atom. The minimum Gasteiger partial charge on any atom is -0.480 e. The number of rotatable bonds is 17. The molecule has 0 bridgehead atoms. The van der Waals surface area contributed by atoms with Crippen molar-refractivity contribution >= 4 is 41.4 Å². The largest absolute Gasteiger partial charge is 0.480 e. The number of nitrogens with two attached hydrogens (primary N) is 3. The number of carboxylic acid groups (broad SMARTS) is 1. The first-order valence-electron chi connectivity index (χ1n) is 9.95. The van der Waals surface area contributed by atoms with Gasteiger partial charge in [-0.05, 0) is 50.7 Å². The van der Waals surface area contributed by atoms with Crippen molar-refractivity contribution in [3.8, 4) is 0 Å². The molecule has 4 amide bonds. The van der Waals surface area contributed by atoms with Crippen LogP contribution in [-0.2, 0) is 24.0 Å². The number of thioether (sulfide) groups is 1. The predicted molar refractivity (Wildman–Crippen MR) is 117 cm³/mol. The molecular formula is C18H34N6O6S. The Hall–Kier alpha value is -2.38. The van der Waals surface area contributed by atoms with Crippen LogP contribution in [0.15, 0.2) is 0 Å². The molecule has 0 aromatic heterocycles. The molecule has 0 saturated heterocycles. The van der Waals surface area contributed by atoms with Crippen molar-refractivity contribution in [1.29, 1.82) is 0 Å². The van der Waals surface area contributed by atoms with E-state index in [0.717, 1.165) is 0 Å². The molecule has 0 heterocycles. The number of amides is 4. The van der Waals surface area contributed by atoms with Crippen molar-refractivity contribution in [3.05, 3.63) is 0 Å². The fourth-order valence-electron chi connectivity index (χ4n) is 2.50. The molecule has 0 saturated carbocycles. The summed E-state index contributed by atoms with van der Waals surface area (Å²) in [5.41, 5.74) is 16.1. The van der Waals surface area contributed by atoms with Gasteiger partial charge in [0.15, 0.2) is 0 Å². The van der Waals surface area contributed by atoms with E-state index in [4.69, 9.17) is 17.2 Å². The Bertz CT molecular complexity index is 620. The quantitative estimate of drug-likeness (QED) is 0.115. The summed E-state index contributed by atoms with van der Waals surface area (Å²) in [6.07, 6.45) is 3.47. The standard InChI is InChI=1S/C18H34N6O6S/c1-31-9-7-13(18(29)30)24-17(28)12(4-2-3-8-19)23-15(26)10-22-16(27)11(20)5-6-14(21)25/h11-13H,2-10,19-20H2,1H3,(H2,21,25)(H,22,27)(H,23,26)(H,24,28)(H,29,30). The number of carboxylic acids is 1. The molecule has 178 valence electrons. The molecule has 0 aliphatic heterocycles. The van der Waals surface area contributed by atoms with Crippen molar-refractivity contribution in [2.45, 2.75) is 56.7 Å². The highest BCUT2D eigenvalue weighted by atomic mass is 32.2. The summed E-state index contributed by atoms with van der Waals surface area (Å²) in [4.78, 5) is 58.8. The van der Waals surface area contributed by atoms with Crippen LogP contribution < -0.4 is 33.2 Å². The van der Waals surface area contributed by atoms with Crippen LogP contribution in [0.5, 0.6) is 0 Å². The van der Waals surface area contributed by atoms with Crippen LogP contribution in [-0.4, -0.2) is 77.9 Å². The fourth-order valence-corrected chi connectivity index (χ4v) is 2.97. The second kappa shape index (κ2) is 16.3. The maximum atomic E-state index is 12.6. The zero-order valence-corrected chi connectivity index (χ0v) is 18.5. The highest BCUT2D eigenvalue weighted by Gasteiger charge is 2.26. The molecule has 0 rings (SSSR count). The first-order chi connectivity index (χ1) is 14.6. The third-order valence-electron chi connectivity index (χ3n) is 4.29. The Balaban J connectivity index is 4.83. The molecule has 0 aromatic carbocycles. The van der Waals surface area contributed by atoms with E-state index in [0.29, 0.717) is 25.1 Å². The lowest BCUT2D eigenvalue weighted by atomic mass is 10.1. The Kier molecular flexibility index (Phi) is 15.1. The zero-order valence-electron chi connectivity index (χ0n) is 17.7. The normalized spacial score (nSPS) is 13.5. The van der Waals surface area contributed by atoms with Crippen LogP contribution in [0, 0.1) is 0 Å². The van der Waals surface area contributed by atoms with Crippen LogP contribution in [0.3, 0.4) is 0 Å². The summed E-state index contributed by atoms with van der Waals surface area (Å²) >= 11 is 1.45. The summed E-state index contributed by atoms with van der Waals surface area (Å²) in [5.74, 6) is -3.11. The summed E-state index contributed by atoms with van der Waals surface area (Å²) in [7, 11) is 0. The molecule has 0 radical (unpaired) electrons. The van der Waals surface area contributed by atoms with Gasteiger partial charge in [-0.1, -0.05) is 0 Å². The first kappa shape index (κ1) is 28.6. The highest BCUT2D eigenvalue weighted by molar-refractivity contribution is 7.98. The van der Waals surface area contributed by atoms with E-state index in [1.165, 1.54) is 11.8 Å². The molecule has 3 atom stereocenters. The number of carbonyl (C=O) groups is 5. The molecule has 0 aromatic rings. The average Bonchev–Trinajstić information content (AvgIpc) is 2.71. The zero-order chi connectivity index (χ0) is 23.8. The van der Waals surface area contributed by atoms with Gasteiger partial charge in [-0.3, -0.25) is 19.2 Å². The molecule has 31 heavy (non-hydrogen) atoms. The molecular weight excluding hydrogens is 428 g/mol. The lowest BCUT2D eigenvalue weighted by molar-refractivity contribution is -0.142. The van der Waals surface area contributed by atoms with Gasteiger partial charge in [-0.2, -0.15) is 11.8 Å². The van der Waals surface area contributed by atoms with E-state index in [9.17, 15) is 29.1 Å². The van der Waals surface area contributed by atoms with Crippen LogP contribution in [0.4, 0.5) is 0 Å². The van der Waals surface area contributed by atoms with Crippen molar-refractivity contribution in [1.82, 2.24) is 16.0 Å². The van der Waals surface area contributed by atoms with Crippen molar-refractivity contribution in [2.24, 2.45) is 17.2 Å².